The predicted molar refractivity (Wildman–Crippen MR) is 83.9 cm³/mol. The molecule has 0 amide bonds. The standard InChI is InChI=1S/C15H20F3N3O2S/c1-13(2,3)23-11(22)14-5-4-8(21-14)6-9(14)19-12-20-10(7-24-12)15(16,17)18/h7-9,21H,4-6H2,1-3H3,(H,19,20)/t8-,9-,14+/m1/s1. The van der Waals surface area contributed by atoms with E-state index >= 15 is 0 Å². The summed E-state index contributed by atoms with van der Waals surface area (Å²) < 4.78 is 43.6. The molecule has 24 heavy (non-hydrogen) atoms. The summed E-state index contributed by atoms with van der Waals surface area (Å²) in [6.45, 7) is 5.38. The van der Waals surface area contributed by atoms with Crippen molar-refractivity contribution in [3.8, 4) is 0 Å². The Morgan fingerprint density at radius 1 is 1.46 bits per heavy atom. The number of thiazole rings is 1. The van der Waals surface area contributed by atoms with Gasteiger partial charge in [0, 0.05) is 11.4 Å². The van der Waals surface area contributed by atoms with E-state index in [1.807, 2.05) is 0 Å². The largest absolute Gasteiger partial charge is 0.459 e. The molecule has 0 aromatic carbocycles. The Morgan fingerprint density at radius 3 is 2.71 bits per heavy atom. The van der Waals surface area contributed by atoms with E-state index in [4.69, 9.17) is 4.74 Å². The zero-order chi connectivity index (χ0) is 17.8. The van der Waals surface area contributed by atoms with Crippen molar-refractivity contribution in [1.82, 2.24) is 10.3 Å². The van der Waals surface area contributed by atoms with Gasteiger partial charge in [0.25, 0.3) is 0 Å². The molecule has 5 nitrogen and oxygen atoms in total. The van der Waals surface area contributed by atoms with E-state index in [9.17, 15) is 18.0 Å². The van der Waals surface area contributed by atoms with Crippen molar-refractivity contribution < 1.29 is 22.7 Å². The third-order valence-corrected chi connectivity index (χ3v) is 5.09. The zero-order valence-electron chi connectivity index (χ0n) is 13.7. The van der Waals surface area contributed by atoms with Crippen molar-refractivity contribution in [2.75, 3.05) is 5.32 Å². The number of anilines is 1. The van der Waals surface area contributed by atoms with Gasteiger partial charge in [-0.25, -0.2) is 9.78 Å². The van der Waals surface area contributed by atoms with Gasteiger partial charge in [-0.2, -0.15) is 13.2 Å². The molecule has 3 atom stereocenters. The summed E-state index contributed by atoms with van der Waals surface area (Å²) >= 11 is 0.892. The van der Waals surface area contributed by atoms with Crippen LogP contribution in [0.15, 0.2) is 5.38 Å². The van der Waals surface area contributed by atoms with E-state index in [0.29, 0.717) is 12.8 Å². The highest BCUT2D eigenvalue weighted by Crippen LogP contribution is 2.42. The second kappa shape index (κ2) is 5.59. The topological polar surface area (TPSA) is 63.2 Å². The van der Waals surface area contributed by atoms with Gasteiger partial charge in [-0.1, -0.05) is 0 Å². The molecule has 134 valence electrons. The molecular formula is C15H20F3N3O2S. The fourth-order valence-electron chi connectivity index (χ4n) is 3.32. The highest BCUT2D eigenvalue weighted by atomic mass is 32.1. The first-order chi connectivity index (χ1) is 11.0. The van der Waals surface area contributed by atoms with Crippen LogP contribution >= 0.6 is 11.3 Å². The molecule has 2 aliphatic rings. The molecule has 0 aliphatic carbocycles. The molecule has 0 saturated carbocycles. The van der Waals surface area contributed by atoms with Crippen LogP contribution in [0.4, 0.5) is 18.3 Å². The Bertz CT molecular complexity index is 641. The molecular weight excluding hydrogens is 343 g/mol. The maximum absolute atomic E-state index is 12.7. The number of nitrogens with zero attached hydrogens (tertiary/aromatic N) is 1. The number of halogens is 3. The van der Waals surface area contributed by atoms with Crippen LogP contribution in [0.2, 0.25) is 0 Å². The quantitative estimate of drug-likeness (QED) is 0.808. The van der Waals surface area contributed by atoms with Gasteiger partial charge in [-0.05, 0) is 40.0 Å². The lowest BCUT2D eigenvalue weighted by molar-refractivity contribution is -0.162. The monoisotopic (exact) mass is 363 g/mol. The Labute approximate surface area is 142 Å². The van der Waals surface area contributed by atoms with Crippen molar-refractivity contribution in [3.05, 3.63) is 11.1 Å². The highest BCUT2D eigenvalue weighted by molar-refractivity contribution is 7.13. The summed E-state index contributed by atoms with van der Waals surface area (Å²) in [6, 6.07) is -0.171. The van der Waals surface area contributed by atoms with Gasteiger partial charge >= 0.3 is 12.1 Å². The van der Waals surface area contributed by atoms with Crippen molar-refractivity contribution in [2.24, 2.45) is 0 Å². The first kappa shape index (κ1) is 17.5. The molecule has 0 unspecified atom stereocenters. The number of fused-ring (bicyclic) bond motifs is 2. The van der Waals surface area contributed by atoms with Gasteiger partial charge in [-0.15, -0.1) is 11.3 Å². The Morgan fingerprint density at radius 2 is 2.17 bits per heavy atom. The van der Waals surface area contributed by atoms with Crippen LogP contribution < -0.4 is 10.6 Å². The van der Waals surface area contributed by atoms with E-state index in [1.54, 1.807) is 20.8 Å². The third kappa shape index (κ3) is 3.23. The smallest absolute Gasteiger partial charge is 0.434 e. The first-order valence-electron chi connectivity index (χ1n) is 7.80. The van der Waals surface area contributed by atoms with E-state index in [1.165, 1.54) is 0 Å². The maximum atomic E-state index is 12.7. The lowest BCUT2D eigenvalue weighted by Gasteiger charge is -2.35. The number of hydrogen-bond acceptors (Lipinski definition) is 6. The number of hydrogen-bond donors (Lipinski definition) is 2. The van der Waals surface area contributed by atoms with E-state index in [2.05, 4.69) is 15.6 Å². The summed E-state index contributed by atoms with van der Waals surface area (Å²) in [7, 11) is 0. The highest BCUT2D eigenvalue weighted by Gasteiger charge is 2.58. The van der Waals surface area contributed by atoms with Crippen LogP contribution in [0.3, 0.4) is 0 Å². The number of rotatable bonds is 3. The lowest BCUT2D eigenvalue weighted by Crippen LogP contribution is -2.57. The van der Waals surface area contributed by atoms with Gasteiger partial charge in [0.2, 0.25) is 0 Å². The average molecular weight is 363 g/mol. The molecule has 3 heterocycles. The van der Waals surface area contributed by atoms with Crippen molar-refractivity contribution in [2.45, 2.75) is 69.4 Å². The number of carbonyl (C=O) groups excluding carboxylic acids is 1. The molecule has 3 rings (SSSR count). The molecule has 2 bridgehead atoms. The van der Waals surface area contributed by atoms with Crippen molar-refractivity contribution in [3.63, 3.8) is 0 Å². The normalized spacial score (nSPS) is 29.8. The van der Waals surface area contributed by atoms with Gasteiger partial charge in [0.05, 0.1) is 6.04 Å². The molecule has 0 spiro atoms. The minimum Gasteiger partial charge on any atom is -0.459 e. The van der Waals surface area contributed by atoms with Gasteiger partial charge in [0.15, 0.2) is 10.8 Å². The van der Waals surface area contributed by atoms with E-state index in [0.717, 1.165) is 23.1 Å². The second-order valence-electron chi connectivity index (χ2n) is 7.32. The molecule has 2 saturated heterocycles. The summed E-state index contributed by atoms with van der Waals surface area (Å²) in [4.78, 5) is 16.3. The third-order valence-electron chi connectivity index (χ3n) is 4.32. The van der Waals surface area contributed by atoms with Gasteiger partial charge in [-0.3, -0.25) is 5.32 Å². The number of nitrogens with one attached hydrogen (secondary N) is 2. The van der Waals surface area contributed by atoms with Gasteiger partial charge in [0.1, 0.15) is 11.1 Å². The van der Waals surface area contributed by atoms with Gasteiger partial charge < -0.3 is 10.1 Å². The van der Waals surface area contributed by atoms with E-state index < -0.39 is 23.0 Å². The summed E-state index contributed by atoms with van der Waals surface area (Å²) in [5, 5.41) is 7.45. The van der Waals surface area contributed by atoms with Crippen LogP contribution in [-0.4, -0.2) is 34.2 Å². The van der Waals surface area contributed by atoms with Crippen molar-refractivity contribution >= 4 is 22.4 Å². The number of ether oxygens (including phenoxy) is 1. The SMILES string of the molecule is CC(C)(C)OC(=O)[C@]12CC[C@H](C[C@H]1Nc1nc(C(F)(F)F)cs1)N2. The van der Waals surface area contributed by atoms with Crippen LogP contribution in [0, 0.1) is 0 Å². The number of alkyl halides is 3. The van der Waals surface area contributed by atoms with E-state index in [-0.39, 0.29) is 23.2 Å². The molecule has 1 aromatic heterocycles. The average Bonchev–Trinajstić information content (AvgIpc) is 3.09. The Kier molecular flexibility index (Phi) is 4.07. The van der Waals surface area contributed by atoms with Crippen LogP contribution in [-0.2, 0) is 15.7 Å². The summed E-state index contributed by atoms with van der Waals surface area (Å²) in [5.74, 6) is -0.361. The van der Waals surface area contributed by atoms with Crippen molar-refractivity contribution in [1.29, 1.82) is 0 Å². The Balaban J connectivity index is 1.78. The lowest BCUT2D eigenvalue weighted by atomic mass is 9.83. The fourth-order valence-corrected chi connectivity index (χ4v) is 4.09. The molecule has 2 aliphatic heterocycles. The minimum atomic E-state index is -4.47. The maximum Gasteiger partial charge on any atom is 0.434 e. The zero-order valence-corrected chi connectivity index (χ0v) is 14.5. The molecule has 1 aromatic rings. The fraction of sp³-hybridized carbons (Fsp3) is 0.733. The molecule has 9 heteroatoms. The predicted octanol–water partition coefficient (Wildman–Crippen LogP) is 3.18. The molecule has 2 fully saturated rings. The molecule has 2 N–H and O–H groups in total. The number of esters is 1. The van der Waals surface area contributed by atoms with Crippen LogP contribution in [0.25, 0.3) is 0 Å². The number of carbonyl (C=O) groups is 1. The second-order valence-corrected chi connectivity index (χ2v) is 8.18. The molecule has 0 radical (unpaired) electrons. The van der Waals surface area contributed by atoms with Crippen LogP contribution in [0.5, 0.6) is 0 Å². The summed E-state index contributed by atoms with van der Waals surface area (Å²) in [6.07, 6.45) is -2.36. The first-order valence-corrected chi connectivity index (χ1v) is 8.68. The summed E-state index contributed by atoms with van der Waals surface area (Å²) in [5.41, 5.74) is -2.44. The van der Waals surface area contributed by atoms with Crippen LogP contribution in [0.1, 0.15) is 45.7 Å². The minimum absolute atomic E-state index is 0.164. The number of aromatic nitrogens is 1. The Hall–Kier alpha value is -1.35.